The molecule has 3 N–H and O–H groups in total. The lowest BCUT2D eigenvalue weighted by Crippen LogP contribution is -2.23. The van der Waals surface area contributed by atoms with Gasteiger partial charge in [-0.05, 0) is 66.1 Å². The van der Waals surface area contributed by atoms with E-state index >= 15 is 0 Å². The van der Waals surface area contributed by atoms with Crippen LogP contribution in [0.1, 0.15) is 52.7 Å². The average molecular weight is 513 g/mol. The summed E-state index contributed by atoms with van der Waals surface area (Å²) >= 11 is 0. The zero-order chi connectivity index (χ0) is 27.1. The lowest BCUT2D eigenvalue weighted by Gasteiger charge is -2.18. The van der Waals surface area contributed by atoms with E-state index in [9.17, 15) is 18.8 Å². The van der Waals surface area contributed by atoms with Crippen molar-refractivity contribution in [2.24, 2.45) is 0 Å². The number of nitrogens with one attached hydrogen (secondary N) is 2. The molecule has 194 valence electrons. The molecule has 6 nitrogen and oxygen atoms in total. The van der Waals surface area contributed by atoms with Crippen LogP contribution in [0.5, 0.6) is 0 Å². The number of carboxylic acids is 1. The van der Waals surface area contributed by atoms with Crippen molar-refractivity contribution in [2.45, 2.75) is 38.6 Å². The maximum absolute atomic E-state index is 14.3. The third-order valence-corrected chi connectivity index (χ3v) is 6.52. The molecule has 2 amide bonds. The van der Waals surface area contributed by atoms with Crippen LogP contribution in [0, 0.1) is 5.82 Å². The van der Waals surface area contributed by atoms with E-state index in [2.05, 4.69) is 10.6 Å². The highest BCUT2D eigenvalue weighted by Gasteiger charge is 2.20. The van der Waals surface area contributed by atoms with Crippen LogP contribution in [0.15, 0.2) is 84.9 Å². The monoisotopic (exact) mass is 512 g/mol. The molecule has 0 saturated heterocycles. The molecule has 0 aliphatic rings. The largest absolute Gasteiger partial charge is 0.481 e. The maximum atomic E-state index is 14.3. The Morgan fingerprint density at radius 3 is 2.34 bits per heavy atom. The second-order valence-corrected chi connectivity index (χ2v) is 9.18. The third kappa shape index (κ3) is 6.42. The van der Waals surface area contributed by atoms with E-state index in [1.54, 1.807) is 61.5 Å². The van der Waals surface area contributed by atoms with E-state index in [0.717, 1.165) is 11.1 Å². The number of aliphatic carboxylic acids is 1. The highest BCUT2D eigenvalue weighted by Crippen LogP contribution is 2.29. The summed E-state index contributed by atoms with van der Waals surface area (Å²) in [5, 5.41) is 16.0. The second-order valence-electron chi connectivity index (χ2n) is 9.18. The Morgan fingerprint density at radius 1 is 0.895 bits per heavy atom. The molecule has 0 aliphatic carbocycles. The van der Waals surface area contributed by atoms with Crippen LogP contribution in [-0.2, 0) is 22.6 Å². The first-order valence-electron chi connectivity index (χ1n) is 12.5. The predicted molar refractivity (Wildman–Crippen MR) is 146 cm³/mol. The Hall–Kier alpha value is -4.52. The predicted octanol–water partition coefficient (Wildman–Crippen LogP) is 6.06. The van der Waals surface area contributed by atoms with Crippen molar-refractivity contribution in [1.29, 1.82) is 0 Å². The Labute approximate surface area is 220 Å². The first-order chi connectivity index (χ1) is 18.3. The van der Waals surface area contributed by atoms with Gasteiger partial charge in [-0.25, -0.2) is 4.39 Å². The number of aryl methyl sites for hydroxylation is 1. The van der Waals surface area contributed by atoms with Crippen molar-refractivity contribution >= 4 is 34.2 Å². The zero-order valence-electron chi connectivity index (χ0n) is 21.0. The lowest BCUT2D eigenvalue weighted by molar-refractivity contribution is -0.137. The van der Waals surface area contributed by atoms with Gasteiger partial charge < -0.3 is 15.7 Å². The Balaban J connectivity index is 1.55. The molecule has 4 rings (SSSR count). The number of rotatable bonds is 10. The zero-order valence-corrected chi connectivity index (χ0v) is 21.0. The van der Waals surface area contributed by atoms with E-state index < -0.39 is 11.9 Å². The SMILES string of the molecule is CC(C(=O)Nc1cc(CNC(=O)c2ccccc2)ccc1CCCC(=O)O)c1ccc(F)c2ccccc12. The minimum Gasteiger partial charge on any atom is -0.481 e. The highest BCUT2D eigenvalue weighted by molar-refractivity contribution is 6.00. The van der Waals surface area contributed by atoms with Crippen LogP contribution < -0.4 is 10.6 Å². The molecule has 0 heterocycles. The summed E-state index contributed by atoms with van der Waals surface area (Å²) in [5.74, 6) is -2.28. The summed E-state index contributed by atoms with van der Waals surface area (Å²) in [4.78, 5) is 36.8. The van der Waals surface area contributed by atoms with Gasteiger partial charge in [0, 0.05) is 29.6 Å². The van der Waals surface area contributed by atoms with E-state index in [-0.39, 0.29) is 30.6 Å². The summed E-state index contributed by atoms with van der Waals surface area (Å²) < 4.78 is 14.3. The summed E-state index contributed by atoms with van der Waals surface area (Å²) in [6.45, 7) is 2.02. The van der Waals surface area contributed by atoms with Crippen LogP contribution in [0.3, 0.4) is 0 Å². The smallest absolute Gasteiger partial charge is 0.303 e. The van der Waals surface area contributed by atoms with Crippen LogP contribution in [0.25, 0.3) is 10.8 Å². The van der Waals surface area contributed by atoms with E-state index in [1.807, 2.05) is 24.3 Å². The number of fused-ring (bicyclic) bond motifs is 1. The molecular weight excluding hydrogens is 483 g/mol. The summed E-state index contributed by atoms with van der Waals surface area (Å²) in [6.07, 6.45) is 0.896. The fourth-order valence-electron chi connectivity index (χ4n) is 4.42. The molecule has 0 aliphatic heterocycles. The Bertz CT molecular complexity index is 1470. The van der Waals surface area contributed by atoms with Crippen molar-refractivity contribution < 1.29 is 23.9 Å². The fraction of sp³-hybridized carbons (Fsp3) is 0.194. The van der Waals surface area contributed by atoms with Crippen molar-refractivity contribution in [1.82, 2.24) is 5.32 Å². The lowest BCUT2D eigenvalue weighted by atomic mass is 9.93. The van der Waals surface area contributed by atoms with Gasteiger partial charge in [0.2, 0.25) is 5.91 Å². The number of hydrogen-bond donors (Lipinski definition) is 3. The summed E-state index contributed by atoms with van der Waals surface area (Å²) in [5.41, 5.74) is 3.40. The molecule has 7 heteroatoms. The number of amides is 2. The normalized spacial score (nSPS) is 11.6. The van der Waals surface area contributed by atoms with Gasteiger partial charge in [0.05, 0.1) is 5.92 Å². The van der Waals surface area contributed by atoms with E-state index in [0.29, 0.717) is 40.4 Å². The standard InChI is InChI=1S/C31H29FN2O4/c1-20(24-16-17-27(32)26-12-6-5-11-25(24)26)30(37)34-28-18-21(14-15-22(28)10-7-13-29(35)36)19-33-31(38)23-8-3-2-4-9-23/h2-6,8-9,11-12,14-18,20H,7,10,13,19H2,1H3,(H,33,38)(H,34,37)(H,35,36). The van der Waals surface area contributed by atoms with E-state index in [4.69, 9.17) is 5.11 Å². The van der Waals surface area contributed by atoms with Gasteiger partial charge in [0.25, 0.3) is 5.91 Å². The Kier molecular flexibility index (Phi) is 8.48. The molecule has 1 unspecified atom stereocenters. The van der Waals surface area contributed by atoms with Gasteiger partial charge in [0.1, 0.15) is 5.82 Å². The maximum Gasteiger partial charge on any atom is 0.303 e. The number of anilines is 1. The van der Waals surface area contributed by atoms with Crippen molar-refractivity contribution in [3.63, 3.8) is 0 Å². The van der Waals surface area contributed by atoms with Crippen LogP contribution in [0.4, 0.5) is 10.1 Å². The minimum absolute atomic E-state index is 0.0141. The van der Waals surface area contributed by atoms with Gasteiger partial charge in [-0.15, -0.1) is 0 Å². The van der Waals surface area contributed by atoms with Gasteiger partial charge in [0.15, 0.2) is 0 Å². The molecule has 4 aromatic rings. The van der Waals surface area contributed by atoms with Gasteiger partial charge in [-0.2, -0.15) is 0 Å². The number of carboxylic acid groups (broad SMARTS) is 1. The number of halogens is 1. The molecule has 0 bridgehead atoms. The third-order valence-electron chi connectivity index (χ3n) is 6.52. The molecule has 0 fully saturated rings. The molecule has 0 spiro atoms. The molecule has 1 atom stereocenters. The number of carbonyl (C=O) groups excluding carboxylic acids is 2. The second kappa shape index (κ2) is 12.1. The molecule has 38 heavy (non-hydrogen) atoms. The fourth-order valence-corrected chi connectivity index (χ4v) is 4.42. The minimum atomic E-state index is -0.882. The first-order valence-corrected chi connectivity index (χ1v) is 12.5. The van der Waals surface area contributed by atoms with Gasteiger partial charge >= 0.3 is 5.97 Å². The molecule has 0 aromatic heterocycles. The van der Waals surface area contributed by atoms with Crippen molar-refractivity contribution in [2.75, 3.05) is 5.32 Å². The number of hydrogen-bond acceptors (Lipinski definition) is 3. The van der Waals surface area contributed by atoms with Gasteiger partial charge in [-0.3, -0.25) is 14.4 Å². The van der Waals surface area contributed by atoms with E-state index in [1.165, 1.54) is 6.07 Å². The molecule has 4 aromatic carbocycles. The number of carbonyl (C=O) groups is 3. The van der Waals surface area contributed by atoms with Gasteiger partial charge in [-0.1, -0.05) is 60.7 Å². The molecule has 0 saturated carbocycles. The quantitative estimate of drug-likeness (QED) is 0.241. The average Bonchev–Trinajstić information content (AvgIpc) is 2.93. The molecular formula is C31H29FN2O4. The highest BCUT2D eigenvalue weighted by atomic mass is 19.1. The topological polar surface area (TPSA) is 95.5 Å². The van der Waals surface area contributed by atoms with Crippen molar-refractivity contribution in [3.05, 3.63) is 113 Å². The van der Waals surface area contributed by atoms with Crippen LogP contribution in [-0.4, -0.2) is 22.9 Å². The van der Waals surface area contributed by atoms with Crippen molar-refractivity contribution in [3.8, 4) is 0 Å². The molecule has 0 radical (unpaired) electrons. The first kappa shape index (κ1) is 26.5. The van der Waals surface area contributed by atoms with Crippen LogP contribution in [0.2, 0.25) is 0 Å². The number of benzene rings is 4. The van der Waals surface area contributed by atoms with Crippen LogP contribution >= 0.6 is 0 Å². The summed E-state index contributed by atoms with van der Waals surface area (Å²) in [7, 11) is 0. The summed E-state index contributed by atoms with van der Waals surface area (Å²) in [6, 6.07) is 24.4. The Morgan fingerprint density at radius 2 is 1.61 bits per heavy atom.